The number of oxime groups is 1. The molecule has 64 valence electrons. The Morgan fingerprint density at radius 1 is 1.45 bits per heavy atom. The summed E-state index contributed by atoms with van der Waals surface area (Å²) in [6.45, 7) is 8.02. The average Bonchev–Trinajstić information content (AvgIpc) is 1.98. The summed E-state index contributed by atoms with van der Waals surface area (Å²) in [5.41, 5.74) is 2.10. The van der Waals surface area contributed by atoms with E-state index in [1.165, 1.54) is 5.57 Å². The highest BCUT2D eigenvalue weighted by molar-refractivity contribution is 5.83. The van der Waals surface area contributed by atoms with Gasteiger partial charge in [-0.3, -0.25) is 0 Å². The molecule has 0 spiro atoms. The number of hydrogen-bond acceptors (Lipinski definition) is 2. The minimum Gasteiger partial charge on any atom is -0.411 e. The summed E-state index contributed by atoms with van der Waals surface area (Å²) in [4.78, 5) is 0. The van der Waals surface area contributed by atoms with Crippen molar-refractivity contribution in [3.63, 3.8) is 0 Å². The fraction of sp³-hybridized carbons (Fsp3) is 0.667. The van der Waals surface area contributed by atoms with Crippen LogP contribution in [0.1, 0.15) is 34.1 Å². The van der Waals surface area contributed by atoms with E-state index in [0.717, 1.165) is 12.1 Å². The lowest BCUT2D eigenvalue weighted by Gasteiger charge is -2.05. The number of hydrogen-bond donors (Lipinski definition) is 1. The first kappa shape index (κ1) is 10.2. The van der Waals surface area contributed by atoms with Gasteiger partial charge in [-0.05, 0) is 27.2 Å². The summed E-state index contributed by atoms with van der Waals surface area (Å²) >= 11 is 0. The van der Waals surface area contributed by atoms with Crippen molar-refractivity contribution in [1.29, 1.82) is 0 Å². The first-order valence-corrected chi connectivity index (χ1v) is 3.89. The Kier molecular flexibility index (Phi) is 4.59. The van der Waals surface area contributed by atoms with E-state index in [1.54, 1.807) is 0 Å². The van der Waals surface area contributed by atoms with E-state index in [2.05, 4.69) is 32.0 Å². The second-order valence-corrected chi connectivity index (χ2v) is 3.16. The summed E-state index contributed by atoms with van der Waals surface area (Å²) in [7, 11) is 0. The van der Waals surface area contributed by atoms with Crippen LogP contribution in [0.25, 0.3) is 0 Å². The Morgan fingerprint density at radius 3 is 2.36 bits per heavy atom. The van der Waals surface area contributed by atoms with Crippen molar-refractivity contribution in [3.05, 3.63) is 11.6 Å². The zero-order valence-electron chi connectivity index (χ0n) is 7.76. The quantitative estimate of drug-likeness (QED) is 0.289. The van der Waals surface area contributed by atoms with Crippen molar-refractivity contribution in [3.8, 4) is 0 Å². The normalized spacial score (nSPS) is 14.4. The molecule has 0 saturated heterocycles. The summed E-state index contributed by atoms with van der Waals surface area (Å²) in [6, 6.07) is 0. The number of rotatable bonds is 3. The van der Waals surface area contributed by atoms with E-state index in [0.29, 0.717) is 5.92 Å². The molecule has 2 nitrogen and oxygen atoms in total. The van der Waals surface area contributed by atoms with Gasteiger partial charge in [0, 0.05) is 5.92 Å². The molecule has 0 rings (SSSR count). The third-order valence-electron chi connectivity index (χ3n) is 1.75. The predicted molar refractivity (Wildman–Crippen MR) is 48.1 cm³/mol. The van der Waals surface area contributed by atoms with E-state index in [4.69, 9.17) is 5.21 Å². The molecule has 1 atom stereocenters. The predicted octanol–water partition coefficient (Wildman–Crippen LogP) is 2.83. The second kappa shape index (κ2) is 4.94. The lowest BCUT2D eigenvalue weighted by Crippen LogP contribution is -2.05. The minimum atomic E-state index is 0.342. The largest absolute Gasteiger partial charge is 0.411 e. The standard InChI is InChI=1S/C9H17NO/c1-7(2)5-6-8(3)9(4)10-11/h5,8,11H,6H2,1-4H3. The lowest BCUT2D eigenvalue weighted by molar-refractivity contribution is 0.315. The Labute approximate surface area is 68.6 Å². The van der Waals surface area contributed by atoms with Crippen LogP contribution in [0.3, 0.4) is 0 Å². The van der Waals surface area contributed by atoms with Crippen LogP contribution in [-0.4, -0.2) is 10.9 Å². The molecule has 0 aliphatic rings. The maximum Gasteiger partial charge on any atom is 0.0571 e. The molecule has 0 radical (unpaired) electrons. The van der Waals surface area contributed by atoms with Crippen LogP contribution in [-0.2, 0) is 0 Å². The second-order valence-electron chi connectivity index (χ2n) is 3.16. The zero-order valence-corrected chi connectivity index (χ0v) is 7.76. The molecule has 11 heavy (non-hydrogen) atoms. The summed E-state index contributed by atoms with van der Waals surface area (Å²) in [5, 5.41) is 11.6. The van der Waals surface area contributed by atoms with E-state index >= 15 is 0 Å². The molecule has 0 aromatic carbocycles. The highest BCUT2D eigenvalue weighted by Gasteiger charge is 2.03. The van der Waals surface area contributed by atoms with Crippen molar-refractivity contribution < 1.29 is 5.21 Å². The maximum absolute atomic E-state index is 8.44. The van der Waals surface area contributed by atoms with Crippen molar-refractivity contribution in [1.82, 2.24) is 0 Å². The molecule has 0 bridgehead atoms. The molecule has 0 fully saturated rings. The van der Waals surface area contributed by atoms with Crippen LogP contribution < -0.4 is 0 Å². The Bertz CT molecular complexity index is 166. The molecular formula is C9H17NO. The molecule has 0 amide bonds. The van der Waals surface area contributed by atoms with Gasteiger partial charge in [-0.2, -0.15) is 0 Å². The third-order valence-corrected chi connectivity index (χ3v) is 1.75. The highest BCUT2D eigenvalue weighted by atomic mass is 16.4. The van der Waals surface area contributed by atoms with E-state index < -0.39 is 0 Å². The minimum absolute atomic E-state index is 0.342. The van der Waals surface area contributed by atoms with Gasteiger partial charge < -0.3 is 5.21 Å². The van der Waals surface area contributed by atoms with E-state index in [1.807, 2.05) is 6.92 Å². The van der Waals surface area contributed by atoms with Crippen LogP contribution in [0.15, 0.2) is 16.8 Å². The van der Waals surface area contributed by atoms with Gasteiger partial charge in [-0.1, -0.05) is 23.7 Å². The molecule has 0 aliphatic carbocycles. The van der Waals surface area contributed by atoms with Crippen LogP contribution in [0.4, 0.5) is 0 Å². The summed E-state index contributed by atoms with van der Waals surface area (Å²) in [6.07, 6.45) is 3.11. The van der Waals surface area contributed by atoms with Crippen molar-refractivity contribution in [2.24, 2.45) is 11.1 Å². The monoisotopic (exact) mass is 155 g/mol. The van der Waals surface area contributed by atoms with E-state index in [9.17, 15) is 0 Å². The van der Waals surface area contributed by atoms with Gasteiger partial charge in [0.15, 0.2) is 0 Å². The van der Waals surface area contributed by atoms with Gasteiger partial charge >= 0.3 is 0 Å². The first-order valence-electron chi connectivity index (χ1n) is 3.89. The smallest absolute Gasteiger partial charge is 0.0571 e. The fourth-order valence-corrected chi connectivity index (χ4v) is 0.682. The lowest BCUT2D eigenvalue weighted by atomic mass is 10.0. The van der Waals surface area contributed by atoms with Crippen LogP contribution in [0.2, 0.25) is 0 Å². The maximum atomic E-state index is 8.44. The molecule has 0 aromatic heterocycles. The molecule has 2 heteroatoms. The Morgan fingerprint density at radius 2 is 2.00 bits per heavy atom. The molecule has 0 heterocycles. The summed E-state index contributed by atoms with van der Waals surface area (Å²) < 4.78 is 0. The number of nitrogens with zero attached hydrogens (tertiary/aromatic N) is 1. The summed E-state index contributed by atoms with van der Waals surface area (Å²) in [5.74, 6) is 0.342. The topological polar surface area (TPSA) is 32.6 Å². The van der Waals surface area contributed by atoms with Gasteiger partial charge in [-0.25, -0.2) is 0 Å². The third kappa shape index (κ3) is 4.59. The molecule has 0 saturated carbocycles. The molecule has 0 aliphatic heterocycles. The molecular weight excluding hydrogens is 138 g/mol. The number of allylic oxidation sites excluding steroid dienone is 2. The molecule has 1 unspecified atom stereocenters. The van der Waals surface area contributed by atoms with Crippen molar-refractivity contribution in [2.75, 3.05) is 0 Å². The zero-order chi connectivity index (χ0) is 8.85. The Balaban J connectivity index is 3.88. The Hall–Kier alpha value is -0.790. The molecule has 0 aromatic rings. The van der Waals surface area contributed by atoms with Crippen LogP contribution in [0, 0.1) is 5.92 Å². The fourth-order valence-electron chi connectivity index (χ4n) is 0.682. The van der Waals surface area contributed by atoms with Gasteiger partial charge in [-0.15, -0.1) is 0 Å². The highest BCUT2D eigenvalue weighted by Crippen LogP contribution is 2.07. The van der Waals surface area contributed by atoms with Gasteiger partial charge in [0.2, 0.25) is 0 Å². The van der Waals surface area contributed by atoms with E-state index in [-0.39, 0.29) is 0 Å². The van der Waals surface area contributed by atoms with Crippen molar-refractivity contribution >= 4 is 5.71 Å². The average molecular weight is 155 g/mol. The van der Waals surface area contributed by atoms with Crippen LogP contribution in [0.5, 0.6) is 0 Å². The van der Waals surface area contributed by atoms with Crippen molar-refractivity contribution in [2.45, 2.75) is 34.1 Å². The van der Waals surface area contributed by atoms with Gasteiger partial charge in [0.05, 0.1) is 5.71 Å². The molecule has 1 N–H and O–H groups in total. The van der Waals surface area contributed by atoms with Gasteiger partial charge in [0.1, 0.15) is 0 Å². The van der Waals surface area contributed by atoms with Crippen LogP contribution >= 0.6 is 0 Å². The first-order chi connectivity index (χ1) is 5.07. The SMILES string of the molecule is CC(C)=CCC(C)C(C)=NO. The van der Waals surface area contributed by atoms with Gasteiger partial charge in [0.25, 0.3) is 0 Å².